The number of piperazine rings is 1. The maximum absolute atomic E-state index is 4.14. The summed E-state index contributed by atoms with van der Waals surface area (Å²) in [5, 5.41) is 3.33. The van der Waals surface area contributed by atoms with E-state index in [2.05, 4.69) is 49.5 Å². The predicted molar refractivity (Wildman–Crippen MR) is 70.8 cm³/mol. The Balaban J connectivity index is 2.35. The van der Waals surface area contributed by atoms with Gasteiger partial charge in [0.2, 0.25) is 0 Å². The quantitative estimate of drug-likeness (QED) is 0.709. The Morgan fingerprint density at radius 2 is 1.88 bits per heavy atom. The first-order valence-corrected chi connectivity index (χ1v) is 6.36. The Morgan fingerprint density at radius 1 is 1.31 bits per heavy atom. The second-order valence-corrected chi connectivity index (χ2v) is 5.09. The van der Waals surface area contributed by atoms with Crippen molar-refractivity contribution in [1.82, 2.24) is 15.1 Å². The molecular formula is C13H27N3. The number of hydrogen-bond acceptors (Lipinski definition) is 3. The molecule has 3 nitrogen and oxygen atoms in total. The van der Waals surface area contributed by atoms with Crippen molar-refractivity contribution in [2.45, 2.75) is 32.9 Å². The first kappa shape index (κ1) is 13.7. The Bertz CT molecular complexity index is 215. The molecular weight excluding hydrogens is 198 g/mol. The summed E-state index contributed by atoms with van der Waals surface area (Å²) in [7, 11) is 2.22. The lowest BCUT2D eigenvalue weighted by atomic mass is 10.1. The van der Waals surface area contributed by atoms with E-state index in [-0.39, 0.29) is 0 Å². The van der Waals surface area contributed by atoms with Gasteiger partial charge in [0.05, 0.1) is 0 Å². The molecule has 0 aliphatic carbocycles. The van der Waals surface area contributed by atoms with Crippen molar-refractivity contribution in [2.75, 3.05) is 39.8 Å². The molecule has 0 aromatic carbocycles. The van der Waals surface area contributed by atoms with Gasteiger partial charge in [0.25, 0.3) is 0 Å². The van der Waals surface area contributed by atoms with Gasteiger partial charge in [0.1, 0.15) is 0 Å². The topological polar surface area (TPSA) is 18.5 Å². The number of nitrogens with one attached hydrogen (secondary N) is 1. The molecule has 1 aliphatic heterocycles. The Morgan fingerprint density at radius 3 is 2.38 bits per heavy atom. The minimum absolute atomic E-state index is 0.649. The summed E-state index contributed by atoms with van der Waals surface area (Å²) < 4.78 is 0. The molecule has 16 heavy (non-hydrogen) atoms. The highest BCUT2D eigenvalue weighted by molar-refractivity contribution is 5.01. The van der Waals surface area contributed by atoms with Gasteiger partial charge in [-0.25, -0.2) is 0 Å². The maximum atomic E-state index is 4.14. The lowest BCUT2D eigenvalue weighted by molar-refractivity contribution is 0.0656. The molecule has 0 amide bonds. The van der Waals surface area contributed by atoms with Gasteiger partial charge in [-0.05, 0) is 33.0 Å². The molecule has 3 heteroatoms. The first-order chi connectivity index (χ1) is 7.54. The summed E-state index contributed by atoms with van der Waals surface area (Å²) in [5.41, 5.74) is 1.30. The molecule has 1 N–H and O–H groups in total. The van der Waals surface area contributed by atoms with Crippen LogP contribution in [-0.2, 0) is 0 Å². The summed E-state index contributed by atoms with van der Waals surface area (Å²) in [6.07, 6.45) is 0. The molecule has 0 saturated carbocycles. The van der Waals surface area contributed by atoms with Crippen LogP contribution in [-0.4, -0.2) is 61.7 Å². The molecule has 94 valence electrons. The third-order valence-corrected chi connectivity index (χ3v) is 3.51. The highest BCUT2D eigenvalue weighted by atomic mass is 15.3. The van der Waals surface area contributed by atoms with Crippen molar-refractivity contribution in [3.63, 3.8) is 0 Å². The van der Waals surface area contributed by atoms with Crippen molar-refractivity contribution in [1.29, 1.82) is 0 Å². The van der Waals surface area contributed by atoms with E-state index in [1.54, 1.807) is 0 Å². The van der Waals surface area contributed by atoms with Crippen LogP contribution in [0.3, 0.4) is 0 Å². The van der Waals surface area contributed by atoms with Crippen LogP contribution in [0.2, 0.25) is 0 Å². The monoisotopic (exact) mass is 225 g/mol. The third-order valence-electron chi connectivity index (χ3n) is 3.51. The second-order valence-electron chi connectivity index (χ2n) is 5.09. The van der Waals surface area contributed by atoms with Crippen molar-refractivity contribution < 1.29 is 0 Å². The highest BCUT2D eigenvalue weighted by Crippen LogP contribution is 2.13. The average Bonchev–Trinajstić information content (AvgIpc) is 2.23. The maximum Gasteiger partial charge on any atom is 0.0204 e. The van der Waals surface area contributed by atoms with Crippen LogP contribution in [0.1, 0.15) is 20.8 Å². The van der Waals surface area contributed by atoms with Crippen LogP contribution in [0, 0.1) is 0 Å². The minimum atomic E-state index is 0.649. The molecule has 0 spiro atoms. The molecule has 0 radical (unpaired) electrons. The predicted octanol–water partition coefficient (Wildman–Crippen LogP) is 1.18. The van der Waals surface area contributed by atoms with E-state index >= 15 is 0 Å². The molecule has 1 fully saturated rings. The van der Waals surface area contributed by atoms with Gasteiger partial charge in [-0.15, -0.1) is 0 Å². The van der Waals surface area contributed by atoms with Crippen molar-refractivity contribution in [3.05, 3.63) is 12.2 Å². The zero-order valence-corrected chi connectivity index (χ0v) is 11.3. The van der Waals surface area contributed by atoms with Crippen molar-refractivity contribution in [2.24, 2.45) is 0 Å². The number of rotatable bonds is 5. The zero-order valence-electron chi connectivity index (χ0n) is 11.3. The van der Waals surface area contributed by atoms with E-state index in [0.717, 1.165) is 32.7 Å². The molecule has 0 bridgehead atoms. The second kappa shape index (κ2) is 6.38. The van der Waals surface area contributed by atoms with E-state index < -0.39 is 0 Å². The van der Waals surface area contributed by atoms with E-state index in [9.17, 15) is 0 Å². The number of likely N-dealkylation sites (N-methyl/N-ethyl adjacent to an activating group) is 2. The van der Waals surface area contributed by atoms with Gasteiger partial charge < -0.3 is 5.32 Å². The standard InChI is InChI=1S/C13H27N3/c1-6-14-7-11(2)8-16-9-12(3)15(5)13(4)10-16/h12-14H,2,6-10H2,1,3-5H3. The summed E-state index contributed by atoms with van der Waals surface area (Å²) in [6.45, 7) is 16.2. The van der Waals surface area contributed by atoms with E-state index in [4.69, 9.17) is 0 Å². The van der Waals surface area contributed by atoms with Crippen LogP contribution < -0.4 is 5.32 Å². The van der Waals surface area contributed by atoms with E-state index in [0.29, 0.717) is 12.1 Å². The first-order valence-electron chi connectivity index (χ1n) is 6.36. The van der Waals surface area contributed by atoms with Gasteiger partial charge in [-0.3, -0.25) is 9.80 Å². The van der Waals surface area contributed by atoms with Crippen LogP contribution in [0.15, 0.2) is 12.2 Å². The van der Waals surface area contributed by atoms with Gasteiger partial charge in [-0.1, -0.05) is 13.5 Å². The molecule has 0 aromatic heterocycles. The zero-order chi connectivity index (χ0) is 12.1. The molecule has 1 aliphatic rings. The van der Waals surface area contributed by atoms with Crippen molar-refractivity contribution >= 4 is 0 Å². The normalized spacial score (nSPS) is 28.2. The molecule has 1 heterocycles. The van der Waals surface area contributed by atoms with Gasteiger partial charge in [0.15, 0.2) is 0 Å². The van der Waals surface area contributed by atoms with Crippen LogP contribution in [0.5, 0.6) is 0 Å². The molecule has 1 saturated heterocycles. The Labute approximate surface area is 100 Å². The SMILES string of the molecule is C=C(CNCC)CN1CC(C)N(C)C(C)C1. The minimum Gasteiger partial charge on any atom is -0.313 e. The van der Waals surface area contributed by atoms with E-state index in [1.807, 2.05) is 0 Å². The van der Waals surface area contributed by atoms with Gasteiger partial charge in [0, 0.05) is 38.3 Å². The van der Waals surface area contributed by atoms with Crippen LogP contribution >= 0.6 is 0 Å². The van der Waals surface area contributed by atoms with Gasteiger partial charge >= 0.3 is 0 Å². The number of nitrogens with zero attached hydrogens (tertiary/aromatic N) is 2. The van der Waals surface area contributed by atoms with Crippen LogP contribution in [0.4, 0.5) is 0 Å². The molecule has 2 atom stereocenters. The van der Waals surface area contributed by atoms with Crippen LogP contribution in [0.25, 0.3) is 0 Å². The Hall–Kier alpha value is -0.380. The largest absolute Gasteiger partial charge is 0.313 e. The summed E-state index contributed by atoms with van der Waals surface area (Å²) >= 11 is 0. The van der Waals surface area contributed by atoms with E-state index in [1.165, 1.54) is 5.57 Å². The summed E-state index contributed by atoms with van der Waals surface area (Å²) in [4.78, 5) is 4.98. The lowest BCUT2D eigenvalue weighted by Crippen LogP contribution is -2.55. The fourth-order valence-electron chi connectivity index (χ4n) is 2.32. The molecule has 2 unspecified atom stereocenters. The lowest BCUT2D eigenvalue weighted by Gasteiger charge is -2.42. The fourth-order valence-corrected chi connectivity index (χ4v) is 2.32. The fraction of sp³-hybridized carbons (Fsp3) is 0.846. The third kappa shape index (κ3) is 3.89. The average molecular weight is 225 g/mol. The highest BCUT2D eigenvalue weighted by Gasteiger charge is 2.26. The summed E-state index contributed by atoms with van der Waals surface area (Å²) in [5.74, 6) is 0. The Kier molecular flexibility index (Phi) is 5.46. The molecule has 1 rings (SSSR count). The number of hydrogen-bond donors (Lipinski definition) is 1. The molecule has 0 aromatic rings. The van der Waals surface area contributed by atoms with Gasteiger partial charge in [-0.2, -0.15) is 0 Å². The van der Waals surface area contributed by atoms with Crippen molar-refractivity contribution in [3.8, 4) is 0 Å². The summed E-state index contributed by atoms with van der Waals surface area (Å²) in [6, 6.07) is 1.30. The smallest absolute Gasteiger partial charge is 0.0204 e.